The predicted molar refractivity (Wildman–Crippen MR) is 121 cm³/mol. The smallest absolute Gasteiger partial charge is 0.417 e. The Bertz CT molecular complexity index is 1330. The van der Waals surface area contributed by atoms with Crippen molar-refractivity contribution >= 4 is 5.91 Å². The highest BCUT2D eigenvalue weighted by Gasteiger charge is 2.76. The van der Waals surface area contributed by atoms with E-state index in [-0.39, 0.29) is 29.3 Å². The Morgan fingerprint density at radius 3 is 2.66 bits per heavy atom. The second kappa shape index (κ2) is 7.50. The fourth-order valence-electron chi connectivity index (χ4n) is 5.84. The molecule has 1 spiro atoms. The van der Waals surface area contributed by atoms with E-state index < -0.39 is 11.7 Å². The van der Waals surface area contributed by atoms with Gasteiger partial charge in [0, 0.05) is 41.7 Å². The third kappa shape index (κ3) is 3.47. The highest BCUT2D eigenvalue weighted by Crippen LogP contribution is 2.71. The molecule has 2 saturated carbocycles. The fourth-order valence-corrected chi connectivity index (χ4v) is 5.84. The minimum absolute atomic E-state index is 0.0388. The van der Waals surface area contributed by atoms with E-state index in [1.807, 2.05) is 43.0 Å². The van der Waals surface area contributed by atoms with Crippen LogP contribution in [-0.4, -0.2) is 44.4 Å². The molecule has 0 radical (unpaired) electrons. The maximum absolute atomic E-state index is 13.8. The molecule has 180 valence electrons. The zero-order valence-corrected chi connectivity index (χ0v) is 19.2. The maximum atomic E-state index is 13.8. The van der Waals surface area contributed by atoms with Crippen molar-refractivity contribution < 1.29 is 22.7 Å². The summed E-state index contributed by atoms with van der Waals surface area (Å²) in [5.74, 6) is 0.383. The number of alkyl halides is 3. The molecular formula is C26H23F3N4O2. The van der Waals surface area contributed by atoms with Crippen LogP contribution in [0.25, 0.3) is 11.3 Å². The van der Waals surface area contributed by atoms with Crippen LogP contribution >= 0.6 is 0 Å². The lowest BCUT2D eigenvalue weighted by Gasteiger charge is -2.46. The van der Waals surface area contributed by atoms with Crippen LogP contribution in [0.4, 0.5) is 13.2 Å². The molecule has 6 nitrogen and oxygen atoms in total. The second-order valence-corrected chi connectivity index (χ2v) is 9.80. The lowest BCUT2D eigenvalue weighted by Crippen LogP contribution is -2.59. The van der Waals surface area contributed by atoms with E-state index in [0.29, 0.717) is 23.7 Å². The van der Waals surface area contributed by atoms with Gasteiger partial charge in [0.1, 0.15) is 11.8 Å². The summed E-state index contributed by atoms with van der Waals surface area (Å²) in [5, 5.41) is 0. The molecule has 0 bridgehead atoms. The number of aryl methyl sites for hydroxylation is 2. The average Bonchev–Trinajstić information content (AvgIpc) is 3.47. The monoisotopic (exact) mass is 480 g/mol. The number of carbonyl (C=O) groups excluding carboxylic acids is 1. The molecule has 2 aliphatic carbocycles. The molecule has 3 fully saturated rings. The summed E-state index contributed by atoms with van der Waals surface area (Å²) in [6, 6.07) is 9.61. The van der Waals surface area contributed by atoms with E-state index in [4.69, 9.17) is 4.74 Å². The van der Waals surface area contributed by atoms with Gasteiger partial charge in [0.05, 0.1) is 17.3 Å². The van der Waals surface area contributed by atoms with Crippen molar-refractivity contribution in [3.8, 4) is 17.1 Å². The first-order valence-electron chi connectivity index (χ1n) is 11.6. The van der Waals surface area contributed by atoms with Crippen LogP contribution < -0.4 is 4.74 Å². The molecule has 1 amide bonds. The van der Waals surface area contributed by atoms with Gasteiger partial charge in [-0.2, -0.15) is 13.2 Å². The number of carbonyl (C=O) groups is 1. The molecule has 4 heterocycles. The quantitative estimate of drug-likeness (QED) is 0.534. The molecule has 4 atom stereocenters. The summed E-state index contributed by atoms with van der Waals surface area (Å²) in [6.45, 7) is 4.42. The van der Waals surface area contributed by atoms with Gasteiger partial charge in [-0.1, -0.05) is 6.07 Å². The third-order valence-corrected chi connectivity index (χ3v) is 7.65. The molecule has 3 aromatic heterocycles. The van der Waals surface area contributed by atoms with Crippen molar-refractivity contribution in [3.05, 3.63) is 71.3 Å². The summed E-state index contributed by atoms with van der Waals surface area (Å²) < 4.78 is 44.6. The molecule has 6 rings (SSSR count). The van der Waals surface area contributed by atoms with Gasteiger partial charge >= 0.3 is 6.18 Å². The molecule has 3 aromatic rings. The zero-order valence-electron chi connectivity index (χ0n) is 19.2. The van der Waals surface area contributed by atoms with E-state index in [9.17, 15) is 18.0 Å². The van der Waals surface area contributed by atoms with Crippen molar-refractivity contribution in [2.45, 2.75) is 45.0 Å². The molecule has 9 heteroatoms. The van der Waals surface area contributed by atoms with Crippen molar-refractivity contribution in [3.63, 3.8) is 0 Å². The van der Waals surface area contributed by atoms with Crippen LogP contribution in [0.15, 0.2) is 48.8 Å². The Morgan fingerprint density at radius 1 is 1.11 bits per heavy atom. The number of aromatic nitrogens is 3. The number of nitrogens with zero attached hydrogens (tertiary/aromatic N) is 4. The average molecular weight is 480 g/mol. The zero-order chi connectivity index (χ0) is 24.5. The Kier molecular flexibility index (Phi) is 4.72. The van der Waals surface area contributed by atoms with Gasteiger partial charge in [0.2, 0.25) is 5.88 Å². The normalized spacial score (nSPS) is 26.5. The summed E-state index contributed by atoms with van der Waals surface area (Å²) in [6.07, 6.45) is -0.493. The molecule has 0 aromatic carbocycles. The second-order valence-electron chi connectivity index (χ2n) is 9.80. The number of likely N-dealkylation sites (tertiary alicyclic amines) is 1. The minimum Gasteiger partial charge on any atom is -0.472 e. The Hall–Kier alpha value is -3.49. The Morgan fingerprint density at radius 2 is 1.94 bits per heavy atom. The van der Waals surface area contributed by atoms with E-state index in [0.717, 1.165) is 42.1 Å². The molecule has 4 unspecified atom stereocenters. The SMILES string of the molecule is Cc1ccc(-c2ncccc2C)c(C(=O)N2CC3CC34CC(Oc3ccc(C(F)(F)F)cn3)C24)n1. The van der Waals surface area contributed by atoms with Gasteiger partial charge in [-0.05, 0) is 62.4 Å². The van der Waals surface area contributed by atoms with Crippen LogP contribution in [0.3, 0.4) is 0 Å². The minimum atomic E-state index is -4.45. The van der Waals surface area contributed by atoms with Gasteiger partial charge in [-0.15, -0.1) is 0 Å². The van der Waals surface area contributed by atoms with Crippen LogP contribution in [0, 0.1) is 25.2 Å². The molecule has 1 aliphatic heterocycles. The largest absolute Gasteiger partial charge is 0.472 e. The predicted octanol–water partition coefficient (Wildman–Crippen LogP) is 4.86. The lowest BCUT2D eigenvalue weighted by molar-refractivity contribution is -0.137. The first kappa shape index (κ1) is 22.0. The number of amides is 1. The number of hydrogen-bond donors (Lipinski definition) is 0. The third-order valence-electron chi connectivity index (χ3n) is 7.65. The van der Waals surface area contributed by atoms with Gasteiger partial charge in [-0.25, -0.2) is 9.97 Å². The summed E-state index contributed by atoms with van der Waals surface area (Å²) in [7, 11) is 0. The van der Waals surface area contributed by atoms with Gasteiger partial charge in [0.25, 0.3) is 5.91 Å². The van der Waals surface area contributed by atoms with E-state index in [1.54, 1.807) is 6.20 Å². The molecule has 3 aliphatic rings. The Labute approximate surface area is 200 Å². The summed E-state index contributed by atoms with van der Waals surface area (Å²) in [4.78, 5) is 28.6. The van der Waals surface area contributed by atoms with Gasteiger partial charge in [0.15, 0.2) is 0 Å². The number of ether oxygens (including phenoxy) is 1. The Balaban J connectivity index is 1.28. The van der Waals surface area contributed by atoms with Crippen molar-refractivity contribution in [2.75, 3.05) is 6.54 Å². The first-order chi connectivity index (χ1) is 16.7. The van der Waals surface area contributed by atoms with Crippen molar-refractivity contribution in [1.82, 2.24) is 19.9 Å². The molecular weight excluding hydrogens is 457 g/mol. The first-order valence-corrected chi connectivity index (χ1v) is 11.6. The van der Waals surface area contributed by atoms with Crippen LogP contribution in [0.2, 0.25) is 0 Å². The number of piperidine rings is 1. The number of rotatable bonds is 4. The maximum Gasteiger partial charge on any atom is 0.417 e. The van der Waals surface area contributed by atoms with E-state index >= 15 is 0 Å². The molecule has 0 N–H and O–H groups in total. The molecule has 35 heavy (non-hydrogen) atoms. The van der Waals surface area contributed by atoms with Crippen molar-refractivity contribution in [1.29, 1.82) is 0 Å². The number of halogens is 3. The lowest BCUT2D eigenvalue weighted by atomic mass is 9.73. The molecule has 1 saturated heterocycles. The van der Waals surface area contributed by atoms with Crippen LogP contribution in [0.5, 0.6) is 5.88 Å². The van der Waals surface area contributed by atoms with Gasteiger partial charge in [-0.3, -0.25) is 9.78 Å². The fraction of sp³-hybridized carbons (Fsp3) is 0.385. The van der Waals surface area contributed by atoms with Crippen molar-refractivity contribution in [2.24, 2.45) is 11.3 Å². The highest BCUT2D eigenvalue weighted by atomic mass is 19.4. The topological polar surface area (TPSA) is 68.2 Å². The van der Waals surface area contributed by atoms with Gasteiger partial charge < -0.3 is 9.64 Å². The summed E-state index contributed by atoms with van der Waals surface area (Å²) in [5.41, 5.74) is 2.68. The van der Waals surface area contributed by atoms with Crippen LogP contribution in [0.1, 0.15) is 40.2 Å². The summed E-state index contributed by atoms with van der Waals surface area (Å²) >= 11 is 0. The number of pyridine rings is 3. The standard InChI is InChI=1S/C26H23F3N4O2/c1-14-4-3-9-30-21(14)18-7-5-15(2)32-22(18)24(34)33-13-17-10-25(17)11-19(23(25)33)35-20-8-6-16(12-31-20)26(27,28)29/h3-9,12,17,19,23H,10-11,13H2,1-2H3. The van der Waals surface area contributed by atoms with E-state index in [2.05, 4.69) is 15.0 Å². The highest BCUT2D eigenvalue weighted by molar-refractivity contribution is 5.99. The van der Waals surface area contributed by atoms with E-state index in [1.165, 1.54) is 6.07 Å². The number of hydrogen-bond acceptors (Lipinski definition) is 5. The van der Waals surface area contributed by atoms with Crippen LogP contribution in [-0.2, 0) is 6.18 Å².